The lowest BCUT2D eigenvalue weighted by atomic mass is 10.1. The number of thiocarbonyl (C=S) groups is 1. The van der Waals surface area contributed by atoms with Crippen LogP contribution in [0.2, 0.25) is 0 Å². The Bertz CT molecular complexity index is 611. The largest absolute Gasteiger partial charge is 0.496 e. The zero-order valence-electron chi connectivity index (χ0n) is 13.1. The van der Waals surface area contributed by atoms with Crippen molar-refractivity contribution >= 4 is 17.3 Å². The highest BCUT2D eigenvalue weighted by atomic mass is 32.1. The molecule has 116 valence electrons. The maximum absolute atomic E-state index is 5.34. The van der Waals surface area contributed by atoms with E-state index in [-0.39, 0.29) is 0 Å². The Kier molecular flexibility index (Phi) is 6.22. The first-order valence-electron chi connectivity index (χ1n) is 7.38. The monoisotopic (exact) mass is 314 g/mol. The van der Waals surface area contributed by atoms with Crippen LogP contribution >= 0.6 is 12.2 Å². The van der Waals surface area contributed by atoms with E-state index in [0.29, 0.717) is 5.11 Å². The van der Waals surface area contributed by atoms with Gasteiger partial charge in [0.25, 0.3) is 0 Å². The standard InChI is InChI=1S/C18H22N2OS/c1-14-7-9-15(10-8-14)13-20-18(22)19-12-11-16-5-3-4-6-17(16)21-2/h3-10H,11-13H2,1-2H3,(H2,19,20,22). The van der Waals surface area contributed by atoms with Crippen molar-refractivity contribution in [3.8, 4) is 5.75 Å². The first kappa shape index (κ1) is 16.3. The maximum Gasteiger partial charge on any atom is 0.166 e. The SMILES string of the molecule is COc1ccccc1CCNC(=S)NCc1ccc(C)cc1. The van der Waals surface area contributed by atoms with Gasteiger partial charge in [0.05, 0.1) is 7.11 Å². The predicted molar refractivity (Wildman–Crippen MR) is 95.3 cm³/mol. The molecule has 0 aromatic heterocycles. The van der Waals surface area contributed by atoms with Gasteiger partial charge in [0.15, 0.2) is 5.11 Å². The minimum Gasteiger partial charge on any atom is -0.496 e. The van der Waals surface area contributed by atoms with Gasteiger partial charge in [-0.25, -0.2) is 0 Å². The van der Waals surface area contributed by atoms with E-state index in [4.69, 9.17) is 17.0 Å². The van der Waals surface area contributed by atoms with Gasteiger partial charge in [-0.3, -0.25) is 0 Å². The van der Waals surface area contributed by atoms with Crippen LogP contribution in [0.3, 0.4) is 0 Å². The number of hydrogen-bond donors (Lipinski definition) is 2. The summed E-state index contributed by atoms with van der Waals surface area (Å²) in [6.07, 6.45) is 0.871. The van der Waals surface area contributed by atoms with Crippen LogP contribution < -0.4 is 15.4 Å². The number of rotatable bonds is 6. The van der Waals surface area contributed by atoms with Crippen LogP contribution in [-0.2, 0) is 13.0 Å². The lowest BCUT2D eigenvalue weighted by molar-refractivity contribution is 0.409. The van der Waals surface area contributed by atoms with Gasteiger partial charge in [-0.05, 0) is 42.8 Å². The van der Waals surface area contributed by atoms with Crippen molar-refractivity contribution < 1.29 is 4.74 Å². The van der Waals surface area contributed by atoms with Crippen molar-refractivity contribution in [2.75, 3.05) is 13.7 Å². The second-order valence-corrected chi connectivity index (χ2v) is 5.57. The average Bonchev–Trinajstić information content (AvgIpc) is 2.55. The highest BCUT2D eigenvalue weighted by Gasteiger charge is 2.02. The third kappa shape index (κ3) is 5.04. The summed E-state index contributed by atoms with van der Waals surface area (Å²) in [7, 11) is 1.69. The quantitative estimate of drug-likeness (QED) is 0.802. The lowest BCUT2D eigenvalue weighted by Gasteiger charge is -2.12. The van der Waals surface area contributed by atoms with Gasteiger partial charge in [-0.15, -0.1) is 0 Å². The molecule has 0 amide bonds. The summed E-state index contributed by atoms with van der Waals surface area (Å²) >= 11 is 5.30. The molecule has 0 radical (unpaired) electrons. The van der Waals surface area contributed by atoms with Crippen molar-refractivity contribution in [2.45, 2.75) is 19.9 Å². The fraction of sp³-hybridized carbons (Fsp3) is 0.278. The third-order valence-electron chi connectivity index (χ3n) is 3.45. The van der Waals surface area contributed by atoms with E-state index < -0.39 is 0 Å². The van der Waals surface area contributed by atoms with Gasteiger partial charge in [0.1, 0.15) is 5.75 Å². The molecule has 22 heavy (non-hydrogen) atoms. The summed E-state index contributed by atoms with van der Waals surface area (Å²) in [6, 6.07) is 16.5. The average molecular weight is 314 g/mol. The molecule has 0 aliphatic carbocycles. The van der Waals surface area contributed by atoms with Gasteiger partial charge >= 0.3 is 0 Å². The molecule has 3 nitrogen and oxygen atoms in total. The highest BCUT2D eigenvalue weighted by Crippen LogP contribution is 2.17. The van der Waals surface area contributed by atoms with Crippen molar-refractivity contribution in [1.29, 1.82) is 0 Å². The number of methoxy groups -OCH3 is 1. The Morgan fingerprint density at radius 1 is 1.05 bits per heavy atom. The fourth-order valence-corrected chi connectivity index (χ4v) is 2.35. The molecular formula is C18H22N2OS. The Morgan fingerprint density at radius 3 is 2.50 bits per heavy atom. The molecule has 0 atom stereocenters. The van der Waals surface area contributed by atoms with Crippen LogP contribution in [0.15, 0.2) is 48.5 Å². The fourth-order valence-electron chi connectivity index (χ4n) is 2.17. The minimum absolute atomic E-state index is 0.676. The van der Waals surface area contributed by atoms with E-state index in [2.05, 4.69) is 47.9 Å². The molecule has 0 aliphatic rings. The Hall–Kier alpha value is -2.07. The summed E-state index contributed by atoms with van der Waals surface area (Å²) in [5.41, 5.74) is 3.67. The lowest BCUT2D eigenvalue weighted by Crippen LogP contribution is -2.35. The zero-order valence-corrected chi connectivity index (χ0v) is 13.9. The van der Waals surface area contributed by atoms with E-state index in [1.165, 1.54) is 16.7 Å². The van der Waals surface area contributed by atoms with Crippen LogP contribution in [0.1, 0.15) is 16.7 Å². The van der Waals surface area contributed by atoms with E-state index in [1.807, 2.05) is 18.2 Å². The summed E-state index contributed by atoms with van der Waals surface area (Å²) in [4.78, 5) is 0. The van der Waals surface area contributed by atoms with Crippen molar-refractivity contribution in [3.63, 3.8) is 0 Å². The topological polar surface area (TPSA) is 33.3 Å². The normalized spacial score (nSPS) is 10.1. The Morgan fingerprint density at radius 2 is 1.77 bits per heavy atom. The smallest absolute Gasteiger partial charge is 0.166 e. The molecule has 0 aliphatic heterocycles. The van der Waals surface area contributed by atoms with Gasteiger partial charge in [0.2, 0.25) is 0 Å². The number of benzene rings is 2. The van der Waals surface area contributed by atoms with Gasteiger partial charge in [0, 0.05) is 13.1 Å². The number of para-hydroxylation sites is 1. The van der Waals surface area contributed by atoms with E-state index >= 15 is 0 Å². The van der Waals surface area contributed by atoms with Crippen molar-refractivity contribution in [2.24, 2.45) is 0 Å². The Labute approximate surface area is 137 Å². The molecule has 0 bridgehead atoms. The molecule has 0 spiro atoms. The zero-order chi connectivity index (χ0) is 15.8. The second kappa shape index (κ2) is 8.39. The molecule has 0 heterocycles. The number of nitrogens with one attached hydrogen (secondary N) is 2. The van der Waals surface area contributed by atoms with Crippen LogP contribution in [0.4, 0.5) is 0 Å². The van der Waals surface area contributed by atoms with Crippen LogP contribution in [0.5, 0.6) is 5.75 Å². The van der Waals surface area contributed by atoms with Crippen LogP contribution in [0, 0.1) is 6.92 Å². The number of hydrogen-bond acceptors (Lipinski definition) is 2. The van der Waals surface area contributed by atoms with E-state index in [9.17, 15) is 0 Å². The molecule has 2 N–H and O–H groups in total. The molecule has 2 rings (SSSR count). The third-order valence-corrected chi connectivity index (χ3v) is 3.73. The molecule has 0 saturated heterocycles. The molecule has 2 aromatic carbocycles. The number of ether oxygens (including phenoxy) is 1. The molecule has 0 saturated carbocycles. The highest BCUT2D eigenvalue weighted by molar-refractivity contribution is 7.80. The minimum atomic E-state index is 0.676. The molecule has 0 unspecified atom stereocenters. The second-order valence-electron chi connectivity index (χ2n) is 5.16. The first-order chi connectivity index (χ1) is 10.7. The molecule has 0 fully saturated rings. The summed E-state index contributed by atoms with van der Waals surface area (Å²) in [6.45, 7) is 3.60. The van der Waals surface area contributed by atoms with Gasteiger partial charge in [-0.1, -0.05) is 48.0 Å². The summed E-state index contributed by atoms with van der Waals surface area (Å²) in [5, 5.41) is 7.13. The van der Waals surface area contributed by atoms with Crippen LogP contribution in [-0.4, -0.2) is 18.8 Å². The predicted octanol–water partition coefficient (Wildman–Crippen LogP) is 3.21. The Balaban J connectivity index is 1.72. The number of aryl methyl sites for hydroxylation is 1. The first-order valence-corrected chi connectivity index (χ1v) is 7.79. The summed E-state index contributed by atoms with van der Waals surface area (Å²) < 4.78 is 5.34. The summed E-state index contributed by atoms with van der Waals surface area (Å²) in [5.74, 6) is 0.919. The van der Waals surface area contributed by atoms with Crippen LogP contribution in [0.25, 0.3) is 0 Å². The van der Waals surface area contributed by atoms with Crippen molar-refractivity contribution in [3.05, 3.63) is 65.2 Å². The molecular weight excluding hydrogens is 292 g/mol. The molecule has 2 aromatic rings. The van der Waals surface area contributed by atoms with Crippen molar-refractivity contribution in [1.82, 2.24) is 10.6 Å². The van der Waals surface area contributed by atoms with Gasteiger partial charge in [-0.2, -0.15) is 0 Å². The van der Waals surface area contributed by atoms with E-state index in [0.717, 1.165) is 25.3 Å². The van der Waals surface area contributed by atoms with Gasteiger partial charge < -0.3 is 15.4 Å². The maximum atomic E-state index is 5.34. The van der Waals surface area contributed by atoms with E-state index in [1.54, 1.807) is 7.11 Å². The molecule has 4 heteroatoms.